The van der Waals surface area contributed by atoms with Gasteiger partial charge in [0, 0.05) is 12.0 Å². The molecule has 0 unspecified atom stereocenters. The highest BCUT2D eigenvalue weighted by atomic mass is 19.4. The van der Waals surface area contributed by atoms with Gasteiger partial charge in [-0.15, -0.1) is 26.3 Å². The predicted molar refractivity (Wildman–Crippen MR) is 138 cm³/mol. The van der Waals surface area contributed by atoms with Crippen molar-refractivity contribution in [3.05, 3.63) is 125 Å². The smallest absolute Gasteiger partial charge is 0.497 e. The van der Waals surface area contributed by atoms with Crippen LogP contribution in [-0.4, -0.2) is 25.7 Å². The molecule has 1 N–H and O–H groups in total. The first-order chi connectivity index (χ1) is 19.4. The van der Waals surface area contributed by atoms with Gasteiger partial charge in [-0.05, 0) is 65.2 Å². The highest BCUT2D eigenvalue weighted by molar-refractivity contribution is 5.95. The molecule has 0 aliphatic heterocycles. The van der Waals surface area contributed by atoms with Gasteiger partial charge in [-0.2, -0.15) is 0 Å². The van der Waals surface area contributed by atoms with E-state index in [0.29, 0.717) is 11.3 Å². The van der Waals surface area contributed by atoms with Crippen LogP contribution < -0.4 is 19.5 Å². The lowest BCUT2D eigenvalue weighted by atomic mass is 9.77. The number of hydrogen-bond acceptors (Lipinski definition) is 4. The largest absolute Gasteiger partial charge is 0.573 e. The highest BCUT2D eigenvalue weighted by Gasteiger charge is 2.39. The molecule has 4 rings (SSSR count). The van der Waals surface area contributed by atoms with E-state index in [1.165, 1.54) is 43.5 Å². The Kier molecular flexibility index (Phi) is 8.46. The second kappa shape index (κ2) is 11.8. The van der Waals surface area contributed by atoms with Crippen molar-refractivity contribution in [2.45, 2.75) is 24.7 Å². The molecule has 0 aliphatic carbocycles. The zero-order chi connectivity index (χ0) is 29.7. The zero-order valence-corrected chi connectivity index (χ0v) is 21.4. The van der Waals surface area contributed by atoms with Gasteiger partial charge in [0.15, 0.2) is 0 Å². The molecule has 214 valence electrons. The minimum Gasteiger partial charge on any atom is -0.497 e. The Morgan fingerprint density at radius 2 is 1.17 bits per heavy atom. The molecule has 0 fully saturated rings. The van der Waals surface area contributed by atoms with Gasteiger partial charge in [0.05, 0.1) is 12.6 Å². The minimum absolute atomic E-state index is 0.0549. The average Bonchev–Trinajstić information content (AvgIpc) is 2.91. The number of halogens is 6. The van der Waals surface area contributed by atoms with Crippen LogP contribution in [0.4, 0.5) is 26.3 Å². The first-order valence-electron chi connectivity index (χ1n) is 12.1. The maximum Gasteiger partial charge on any atom is 0.573 e. The minimum atomic E-state index is -5.01. The summed E-state index contributed by atoms with van der Waals surface area (Å²) in [6.07, 6.45) is -10.1. The molecule has 0 aliphatic rings. The van der Waals surface area contributed by atoms with Gasteiger partial charge in [0.2, 0.25) is 0 Å². The van der Waals surface area contributed by atoms with Gasteiger partial charge in [0.1, 0.15) is 17.2 Å². The summed E-state index contributed by atoms with van der Waals surface area (Å²) in [7, 11) is 1.45. The van der Waals surface area contributed by atoms with E-state index in [-0.39, 0.29) is 23.1 Å². The summed E-state index contributed by atoms with van der Waals surface area (Å²) in [4.78, 5) is 13.6. The number of rotatable bonds is 9. The van der Waals surface area contributed by atoms with Crippen LogP contribution in [0.3, 0.4) is 0 Å². The van der Waals surface area contributed by atoms with Crippen LogP contribution >= 0.6 is 0 Å². The topological polar surface area (TPSA) is 56.8 Å². The number of benzene rings is 4. The lowest BCUT2D eigenvalue weighted by molar-refractivity contribution is -0.275. The van der Waals surface area contributed by atoms with Crippen LogP contribution in [-0.2, 0) is 12.0 Å². The summed E-state index contributed by atoms with van der Waals surface area (Å²) >= 11 is 0. The van der Waals surface area contributed by atoms with E-state index in [0.717, 1.165) is 24.3 Å². The number of amides is 1. The molecule has 0 saturated carbocycles. The molecule has 4 aromatic carbocycles. The van der Waals surface area contributed by atoms with Crippen LogP contribution in [0, 0.1) is 0 Å². The molecule has 0 spiro atoms. The Bertz CT molecular complexity index is 1410. The Hall–Kier alpha value is -4.67. The van der Waals surface area contributed by atoms with Crippen molar-refractivity contribution < 1.29 is 45.3 Å². The number of methoxy groups -OCH3 is 1. The lowest BCUT2D eigenvalue weighted by Gasteiger charge is -2.37. The maximum absolute atomic E-state index is 13.6. The Labute approximate surface area is 231 Å². The van der Waals surface area contributed by atoms with Gasteiger partial charge in [-0.3, -0.25) is 4.79 Å². The molecular weight excluding hydrogens is 552 g/mol. The van der Waals surface area contributed by atoms with E-state index in [9.17, 15) is 31.1 Å². The molecule has 0 bridgehead atoms. The predicted octanol–water partition coefficient (Wildman–Crippen LogP) is 7.41. The Morgan fingerprint density at radius 1 is 0.659 bits per heavy atom. The van der Waals surface area contributed by atoms with Gasteiger partial charge < -0.3 is 19.5 Å². The molecule has 11 heteroatoms. The van der Waals surface area contributed by atoms with Gasteiger partial charge >= 0.3 is 12.7 Å². The summed E-state index contributed by atoms with van der Waals surface area (Å²) in [5, 5.41) is 2.89. The van der Waals surface area contributed by atoms with E-state index in [1.54, 1.807) is 42.5 Å². The van der Waals surface area contributed by atoms with E-state index in [4.69, 9.17) is 4.74 Å². The van der Waals surface area contributed by atoms with Crippen molar-refractivity contribution in [2.75, 3.05) is 7.11 Å². The number of nitrogens with one attached hydrogen (secondary N) is 1. The second-order valence-corrected chi connectivity index (χ2v) is 8.90. The quantitative estimate of drug-likeness (QED) is 0.211. The summed E-state index contributed by atoms with van der Waals surface area (Å²) in [6, 6.07) is 24.5. The van der Waals surface area contributed by atoms with Crippen LogP contribution in [0.2, 0.25) is 0 Å². The Balaban J connectivity index is 1.93. The van der Waals surface area contributed by atoms with E-state index in [2.05, 4.69) is 14.8 Å². The number of hydrogen-bond donors (Lipinski definition) is 1. The van der Waals surface area contributed by atoms with Gasteiger partial charge in [-0.1, -0.05) is 54.6 Å². The monoisotopic (exact) mass is 575 g/mol. The molecular formula is C30H23F6NO4. The molecule has 0 radical (unpaired) electrons. The second-order valence-electron chi connectivity index (χ2n) is 8.90. The summed E-state index contributed by atoms with van der Waals surface area (Å²) < 4.78 is 92.1. The van der Waals surface area contributed by atoms with Crippen molar-refractivity contribution in [3.63, 3.8) is 0 Å². The fourth-order valence-corrected chi connectivity index (χ4v) is 4.39. The molecule has 0 atom stereocenters. The van der Waals surface area contributed by atoms with Crippen LogP contribution in [0.25, 0.3) is 0 Å². The molecule has 4 aromatic rings. The van der Waals surface area contributed by atoms with Crippen molar-refractivity contribution in [2.24, 2.45) is 0 Å². The maximum atomic E-state index is 13.6. The molecule has 0 aromatic heterocycles. The van der Waals surface area contributed by atoms with Gasteiger partial charge in [-0.25, -0.2) is 0 Å². The van der Waals surface area contributed by atoms with Crippen LogP contribution in [0.5, 0.6) is 17.2 Å². The molecule has 0 heterocycles. The molecule has 1 amide bonds. The number of ether oxygens (including phenoxy) is 3. The van der Waals surface area contributed by atoms with Gasteiger partial charge in [0.25, 0.3) is 5.91 Å². The Morgan fingerprint density at radius 3 is 1.63 bits per heavy atom. The molecule has 5 nitrogen and oxygen atoms in total. The summed E-state index contributed by atoms with van der Waals surface area (Å²) in [6.45, 7) is 0. The van der Waals surface area contributed by atoms with E-state index < -0.39 is 35.7 Å². The third-order valence-electron chi connectivity index (χ3n) is 6.11. The van der Waals surface area contributed by atoms with E-state index in [1.807, 2.05) is 0 Å². The number of carbonyl (C=O) groups is 1. The third-order valence-corrected chi connectivity index (χ3v) is 6.11. The van der Waals surface area contributed by atoms with Crippen LogP contribution in [0.15, 0.2) is 103 Å². The standard InChI is InChI=1S/C30H23F6NO4/c1-39-24-15-13-21(14-16-24)27(38)37-28(19-20-7-3-2-4-8-20,22-9-5-11-25(17-22)40-29(31,32)33)23-10-6-12-26(18-23)41-30(34,35)36/h2-18H,19H2,1H3,(H,37,38). The van der Waals surface area contributed by atoms with Crippen molar-refractivity contribution in [3.8, 4) is 17.2 Å². The lowest BCUT2D eigenvalue weighted by Crippen LogP contribution is -2.48. The fourth-order valence-electron chi connectivity index (χ4n) is 4.39. The highest BCUT2D eigenvalue weighted by Crippen LogP contribution is 2.38. The van der Waals surface area contributed by atoms with Crippen molar-refractivity contribution >= 4 is 5.91 Å². The normalized spacial score (nSPS) is 12.0. The van der Waals surface area contributed by atoms with Crippen molar-refractivity contribution in [1.29, 1.82) is 0 Å². The SMILES string of the molecule is COc1ccc(C(=O)NC(Cc2ccccc2)(c2cccc(OC(F)(F)F)c2)c2cccc(OC(F)(F)F)c2)cc1. The zero-order valence-electron chi connectivity index (χ0n) is 21.4. The third kappa shape index (κ3) is 7.71. The number of alkyl halides is 6. The number of carbonyl (C=O) groups excluding carboxylic acids is 1. The summed E-state index contributed by atoms with van der Waals surface area (Å²) in [5.41, 5.74) is -0.641. The summed E-state index contributed by atoms with van der Waals surface area (Å²) in [5.74, 6) is -1.32. The first-order valence-corrected chi connectivity index (χ1v) is 12.1. The van der Waals surface area contributed by atoms with E-state index >= 15 is 0 Å². The molecule has 0 saturated heterocycles. The van der Waals surface area contributed by atoms with Crippen LogP contribution in [0.1, 0.15) is 27.0 Å². The first kappa shape index (κ1) is 29.3. The average molecular weight is 576 g/mol. The fraction of sp³-hybridized carbons (Fsp3) is 0.167. The molecule has 41 heavy (non-hydrogen) atoms. The van der Waals surface area contributed by atoms with Crippen molar-refractivity contribution in [1.82, 2.24) is 5.32 Å².